The van der Waals surface area contributed by atoms with E-state index in [1.807, 2.05) is 12.1 Å². The summed E-state index contributed by atoms with van der Waals surface area (Å²) < 4.78 is 5.43. The minimum absolute atomic E-state index is 0.222. The van der Waals surface area contributed by atoms with Gasteiger partial charge in [-0.15, -0.1) is 0 Å². The summed E-state index contributed by atoms with van der Waals surface area (Å²) in [4.78, 5) is 0. The van der Waals surface area contributed by atoms with Crippen LogP contribution in [0.15, 0.2) is 47.1 Å². The van der Waals surface area contributed by atoms with Gasteiger partial charge < -0.3 is 9.73 Å². The predicted octanol–water partition coefficient (Wildman–Crippen LogP) is 5.03. The molecule has 2 heteroatoms. The molecule has 2 nitrogen and oxygen atoms in total. The van der Waals surface area contributed by atoms with Crippen LogP contribution in [0.5, 0.6) is 0 Å². The lowest BCUT2D eigenvalue weighted by Gasteiger charge is -2.19. The molecule has 2 aromatic rings. The van der Waals surface area contributed by atoms with Gasteiger partial charge in [0.15, 0.2) is 0 Å². The first-order valence-corrected chi connectivity index (χ1v) is 7.59. The van der Waals surface area contributed by atoms with Crippen molar-refractivity contribution in [1.29, 1.82) is 0 Å². The second-order valence-electron chi connectivity index (χ2n) is 5.47. The standard InChI is InChI=1S/C18H25NO/c1-4-5-7-16-9-11-17(12-10-16)14(2)19-15(3)18-8-6-13-20-18/h6,8-15,19H,4-5,7H2,1-3H3. The van der Waals surface area contributed by atoms with Crippen molar-refractivity contribution < 1.29 is 4.42 Å². The summed E-state index contributed by atoms with van der Waals surface area (Å²) in [6.45, 7) is 6.56. The molecule has 0 bridgehead atoms. The van der Waals surface area contributed by atoms with E-state index in [9.17, 15) is 0 Å². The molecule has 1 heterocycles. The van der Waals surface area contributed by atoms with Crippen molar-refractivity contribution in [3.05, 3.63) is 59.5 Å². The quantitative estimate of drug-likeness (QED) is 0.763. The highest BCUT2D eigenvalue weighted by Crippen LogP contribution is 2.20. The highest BCUT2D eigenvalue weighted by atomic mass is 16.3. The van der Waals surface area contributed by atoms with E-state index >= 15 is 0 Å². The highest BCUT2D eigenvalue weighted by molar-refractivity contribution is 5.25. The maximum atomic E-state index is 5.43. The second kappa shape index (κ2) is 7.30. The SMILES string of the molecule is CCCCc1ccc(C(C)NC(C)c2ccco2)cc1. The third-order valence-corrected chi connectivity index (χ3v) is 3.77. The van der Waals surface area contributed by atoms with E-state index in [2.05, 4.69) is 50.4 Å². The Morgan fingerprint density at radius 3 is 2.40 bits per heavy atom. The molecule has 0 fully saturated rings. The van der Waals surface area contributed by atoms with Crippen LogP contribution in [-0.2, 0) is 6.42 Å². The Hall–Kier alpha value is -1.54. The first-order valence-electron chi connectivity index (χ1n) is 7.59. The molecule has 0 aliphatic heterocycles. The van der Waals surface area contributed by atoms with Crippen molar-refractivity contribution in [3.8, 4) is 0 Å². The Balaban J connectivity index is 1.93. The molecule has 1 aromatic heterocycles. The Morgan fingerprint density at radius 1 is 1.05 bits per heavy atom. The molecule has 1 aromatic carbocycles. The fourth-order valence-corrected chi connectivity index (χ4v) is 2.44. The van der Waals surface area contributed by atoms with E-state index < -0.39 is 0 Å². The van der Waals surface area contributed by atoms with Gasteiger partial charge >= 0.3 is 0 Å². The molecule has 0 aliphatic carbocycles. The maximum absolute atomic E-state index is 5.43. The zero-order chi connectivity index (χ0) is 14.4. The molecular weight excluding hydrogens is 246 g/mol. The maximum Gasteiger partial charge on any atom is 0.120 e. The highest BCUT2D eigenvalue weighted by Gasteiger charge is 2.12. The number of hydrogen-bond donors (Lipinski definition) is 1. The molecule has 0 saturated carbocycles. The fraction of sp³-hybridized carbons (Fsp3) is 0.444. The summed E-state index contributed by atoms with van der Waals surface area (Å²) in [5.74, 6) is 0.983. The molecule has 0 spiro atoms. The van der Waals surface area contributed by atoms with E-state index in [1.165, 1.54) is 30.4 Å². The molecule has 2 unspecified atom stereocenters. The minimum atomic E-state index is 0.222. The monoisotopic (exact) mass is 271 g/mol. The van der Waals surface area contributed by atoms with Gasteiger partial charge in [-0.05, 0) is 49.9 Å². The second-order valence-corrected chi connectivity index (χ2v) is 5.47. The van der Waals surface area contributed by atoms with E-state index in [-0.39, 0.29) is 6.04 Å². The van der Waals surface area contributed by atoms with Crippen molar-refractivity contribution in [1.82, 2.24) is 5.32 Å². The molecule has 0 radical (unpaired) electrons. The van der Waals surface area contributed by atoms with Gasteiger partial charge in [-0.25, -0.2) is 0 Å². The fourth-order valence-electron chi connectivity index (χ4n) is 2.44. The minimum Gasteiger partial charge on any atom is -0.468 e. The van der Waals surface area contributed by atoms with E-state index in [4.69, 9.17) is 4.42 Å². The van der Waals surface area contributed by atoms with Crippen LogP contribution in [0.25, 0.3) is 0 Å². The number of furan rings is 1. The molecule has 0 aliphatic rings. The number of hydrogen-bond acceptors (Lipinski definition) is 2. The zero-order valence-electron chi connectivity index (χ0n) is 12.7. The van der Waals surface area contributed by atoms with Gasteiger partial charge in [-0.1, -0.05) is 37.6 Å². The van der Waals surface area contributed by atoms with Crippen molar-refractivity contribution in [2.24, 2.45) is 0 Å². The predicted molar refractivity (Wildman–Crippen MR) is 83.7 cm³/mol. The summed E-state index contributed by atoms with van der Waals surface area (Å²) in [5, 5.41) is 3.57. The van der Waals surface area contributed by atoms with Gasteiger partial charge in [0.2, 0.25) is 0 Å². The van der Waals surface area contributed by atoms with Crippen molar-refractivity contribution in [2.45, 2.75) is 52.1 Å². The van der Waals surface area contributed by atoms with Gasteiger partial charge in [-0.2, -0.15) is 0 Å². The van der Waals surface area contributed by atoms with Gasteiger partial charge in [0.05, 0.1) is 12.3 Å². The van der Waals surface area contributed by atoms with Gasteiger partial charge in [0.25, 0.3) is 0 Å². The van der Waals surface area contributed by atoms with Gasteiger partial charge in [0.1, 0.15) is 5.76 Å². The van der Waals surface area contributed by atoms with Crippen LogP contribution < -0.4 is 5.32 Å². The van der Waals surface area contributed by atoms with Crippen LogP contribution in [0.3, 0.4) is 0 Å². The average Bonchev–Trinajstić information content (AvgIpc) is 3.00. The molecule has 108 valence electrons. The molecular formula is C18H25NO. The number of nitrogens with one attached hydrogen (secondary N) is 1. The van der Waals surface area contributed by atoms with E-state index in [0.29, 0.717) is 6.04 Å². The first kappa shape index (κ1) is 14.9. The molecule has 0 saturated heterocycles. The molecule has 2 atom stereocenters. The summed E-state index contributed by atoms with van der Waals surface area (Å²) in [5.41, 5.74) is 2.76. The normalized spacial score (nSPS) is 14.2. The van der Waals surface area contributed by atoms with Crippen LogP contribution in [-0.4, -0.2) is 0 Å². The smallest absolute Gasteiger partial charge is 0.120 e. The molecule has 2 rings (SSSR count). The summed E-state index contributed by atoms with van der Waals surface area (Å²) >= 11 is 0. The van der Waals surface area contributed by atoms with Gasteiger partial charge in [-0.3, -0.25) is 0 Å². The van der Waals surface area contributed by atoms with Crippen LogP contribution in [0, 0.1) is 0 Å². The Kier molecular flexibility index (Phi) is 5.42. The van der Waals surface area contributed by atoms with Crippen molar-refractivity contribution in [2.75, 3.05) is 0 Å². The lowest BCUT2D eigenvalue weighted by atomic mass is 10.0. The average molecular weight is 271 g/mol. The molecule has 1 N–H and O–H groups in total. The van der Waals surface area contributed by atoms with Crippen LogP contribution in [0.1, 0.15) is 62.6 Å². The lowest BCUT2D eigenvalue weighted by molar-refractivity contribution is 0.403. The first-order chi connectivity index (χ1) is 9.70. The molecule has 20 heavy (non-hydrogen) atoms. The Morgan fingerprint density at radius 2 is 1.80 bits per heavy atom. The van der Waals surface area contributed by atoms with Gasteiger partial charge in [0, 0.05) is 6.04 Å². The third kappa shape index (κ3) is 3.97. The zero-order valence-corrected chi connectivity index (χ0v) is 12.7. The Bertz CT molecular complexity index is 487. The summed E-state index contributed by atoms with van der Waals surface area (Å²) in [7, 11) is 0. The van der Waals surface area contributed by atoms with Crippen LogP contribution in [0.2, 0.25) is 0 Å². The largest absolute Gasteiger partial charge is 0.468 e. The number of aryl methyl sites for hydroxylation is 1. The third-order valence-electron chi connectivity index (χ3n) is 3.77. The summed E-state index contributed by atoms with van der Waals surface area (Å²) in [6, 6.07) is 13.4. The number of rotatable bonds is 7. The van der Waals surface area contributed by atoms with Crippen LogP contribution >= 0.6 is 0 Å². The Labute approximate surface area is 122 Å². The van der Waals surface area contributed by atoms with E-state index in [0.717, 1.165) is 5.76 Å². The van der Waals surface area contributed by atoms with E-state index in [1.54, 1.807) is 6.26 Å². The number of unbranched alkanes of at least 4 members (excludes halogenated alkanes) is 1. The number of benzene rings is 1. The molecule has 0 amide bonds. The lowest BCUT2D eigenvalue weighted by Crippen LogP contribution is -2.22. The van der Waals surface area contributed by atoms with Crippen molar-refractivity contribution in [3.63, 3.8) is 0 Å². The topological polar surface area (TPSA) is 25.2 Å². The van der Waals surface area contributed by atoms with Crippen LogP contribution in [0.4, 0.5) is 0 Å². The van der Waals surface area contributed by atoms with Crippen molar-refractivity contribution >= 4 is 0 Å². The summed E-state index contributed by atoms with van der Waals surface area (Å²) in [6.07, 6.45) is 5.42.